The van der Waals surface area contributed by atoms with E-state index in [-0.39, 0.29) is 18.4 Å². The van der Waals surface area contributed by atoms with Crippen LogP contribution in [0.3, 0.4) is 0 Å². The van der Waals surface area contributed by atoms with Crippen LogP contribution in [0, 0.1) is 5.41 Å². The number of aliphatic carboxylic acids is 1. The standard InChI is InChI=1S/C18H25NO3/c1-18(2,13-17(21)22)12-16(20)19-10-6-9-15(19)11-14-7-4-3-5-8-14/h3-5,7-8,15H,6,9-13H2,1-2H3,(H,21,22)/t15-/m0/s1. The fourth-order valence-electron chi connectivity index (χ4n) is 3.25. The minimum absolute atomic E-state index is 0.0237. The minimum Gasteiger partial charge on any atom is -0.481 e. The van der Waals surface area contributed by atoms with Gasteiger partial charge in [0.1, 0.15) is 0 Å². The van der Waals surface area contributed by atoms with Crippen molar-refractivity contribution in [3.8, 4) is 0 Å². The third-order valence-corrected chi connectivity index (χ3v) is 4.27. The molecular formula is C18H25NO3. The van der Waals surface area contributed by atoms with Gasteiger partial charge in [-0.3, -0.25) is 9.59 Å². The number of hydrogen-bond acceptors (Lipinski definition) is 2. The van der Waals surface area contributed by atoms with E-state index in [1.54, 1.807) is 0 Å². The lowest BCUT2D eigenvalue weighted by Crippen LogP contribution is -2.39. The summed E-state index contributed by atoms with van der Waals surface area (Å²) in [5, 5.41) is 8.95. The Morgan fingerprint density at radius 3 is 2.55 bits per heavy atom. The van der Waals surface area contributed by atoms with Crippen molar-refractivity contribution in [3.63, 3.8) is 0 Å². The highest BCUT2D eigenvalue weighted by Crippen LogP contribution is 2.29. The highest BCUT2D eigenvalue weighted by atomic mass is 16.4. The van der Waals surface area contributed by atoms with Gasteiger partial charge in [-0.05, 0) is 30.2 Å². The second-order valence-corrected chi connectivity index (χ2v) is 6.98. The van der Waals surface area contributed by atoms with Crippen molar-refractivity contribution >= 4 is 11.9 Å². The fourth-order valence-corrected chi connectivity index (χ4v) is 3.25. The number of rotatable bonds is 6. The van der Waals surface area contributed by atoms with Gasteiger partial charge in [0.15, 0.2) is 0 Å². The first-order valence-corrected chi connectivity index (χ1v) is 7.92. The molecule has 4 heteroatoms. The molecule has 4 nitrogen and oxygen atoms in total. The van der Waals surface area contributed by atoms with Crippen molar-refractivity contribution in [1.29, 1.82) is 0 Å². The van der Waals surface area contributed by atoms with E-state index < -0.39 is 11.4 Å². The summed E-state index contributed by atoms with van der Waals surface area (Å²) in [4.78, 5) is 25.4. The van der Waals surface area contributed by atoms with Crippen LogP contribution in [0.15, 0.2) is 30.3 Å². The maximum absolute atomic E-state index is 12.6. The molecule has 0 aromatic heterocycles. The van der Waals surface area contributed by atoms with Gasteiger partial charge in [-0.15, -0.1) is 0 Å². The minimum atomic E-state index is -0.847. The highest BCUT2D eigenvalue weighted by molar-refractivity contribution is 5.78. The maximum atomic E-state index is 12.6. The summed E-state index contributed by atoms with van der Waals surface area (Å²) in [6.07, 6.45) is 3.26. The molecule has 0 spiro atoms. The topological polar surface area (TPSA) is 57.6 Å². The van der Waals surface area contributed by atoms with Crippen LogP contribution in [0.4, 0.5) is 0 Å². The van der Waals surface area contributed by atoms with Gasteiger partial charge in [-0.25, -0.2) is 0 Å². The number of carboxylic acids is 1. The van der Waals surface area contributed by atoms with E-state index in [0.29, 0.717) is 6.42 Å². The van der Waals surface area contributed by atoms with Gasteiger partial charge >= 0.3 is 5.97 Å². The third-order valence-electron chi connectivity index (χ3n) is 4.27. The number of carbonyl (C=O) groups is 2. The van der Waals surface area contributed by atoms with Crippen molar-refractivity contribution in [2.45, 2.75) is 52.0 Å². The van der Waals surface area contributed by atoms with Crippen LogP contribution in [0.5, 0.6) is 0 Å². The predicted molar refractivity (Wildman–Crippen MR) is 85.5 cm³/mol. The van der Waals surface area contributed by atoms with Crippen LogP contribution in [0.1, 0.15) is 45.1 Å². The van der Waals surface area contributed by atoms with E-state index in [2.05, 4.69) is 12.1 Å². The lowest BCUT2D eigenvalue weighted by Gasteiger charge is -2.29. The van der Waals surface area contributed by atoms with E-state index >= 15 is 0 Å². The van der Waals surface area contributed by atoms with Gasteiger partial charge in [-0.2, -0.15) is 0 Å². The zero-order valence-corrected chi connectivity index (χ0v) is 13.4. The quantitative estimate of drug-likeness (QED) is 0.878. The van der Waals surface area contributed by atoms with Gasteiger partial charge < -0.3 is 10.0 Å². The Balaban J connectivity index is 1.98. The van der Waals surface area contributed by atoms with Crippen LogP contribution in [0.2, 0.25) is 0 Å². The molecule has 1 saturated heterocycles. The lowest BCUT2D eigenvalue weighted by molar-refractivity contribution is -0.140. The average molecular weight is 303 g/mol. The fraction of sp³-hybridized carbons (Fsp3) is 0.556. The Hall–Kier alpha value is -1.84. The van der Waals surface area contributed by atoms with Crippen LogP contribution < -0.4 is 0 Å². The Morgan fingerprint density at radius 2 is 1.91 bits per heavy atom. The molecule has 2 rings (SSSR count). The van der Waals surface area contributed by atoms with Crippen LogP contribution in [0.25, 0.3) is 0 Å². The Labute approximate surface area is 132 Å². The molecule has 0 radical (unpaired) electrons. The van der Waals surface area contributed by atoms with Crippen molar-refractivity contribution in [2.24, 2.45) is 5.41 Å². The summed E-state index contributed by atoms with van der Waals surface area (Å²) in [5.74, 6) is -0.760. The number of likely N-dealkylation sites (tertiary alicyclic amines) is 1. The van der Waals surface area contributed by atoms with Gasteiger partial charge in [0.2, 0.25) is 5.91 Å². The summed E-state index contributed by atoms with van der Waals surface area (Å²) in [6.45, 7) is 4.49. The molecule has 1 aliphatic rings. The van der Waals surface area contributed by atoms with Gasteiger partial charge in [0, 0.05) is 19.0 Å². The molecule has 1 atom stereocenters. The third kappa shape index (κ3) is 4.58. The van der Waals surface area contributed by atoms with Crippen LogP contribution >= 0.6 is 0 Å². The van der Waals surface area contributed by atoms with E-state index in [1.807, 2.05) is 36.9 Å². The first-order chi connectivity index (χ1) is 10.4. The SMILES string of the molecule is CC(C)(CC(=O)O)CC(=O)N1CCC[C@H]1Cc1ccccc1. The molecule has 1 aliphatic heterocycles. The zero-order chi connectivity index (χ0) is 16.2. The van der Waals surface area contributed by atoms with E-state index in [1.165, 1.54) is 5.56 Å². The van der Waals surface area contributed by atoms with Crippen LogP contribution in [-0.2, 0) is 16.0 Å². The molecule has 1 fully saturated rings. The number of amides is 1. The summed E-state index contributed by atoms with van der Waals surface area (Å²) < 4.78 is 0. The largest absolute Gasteiger partial charge is 0.481 e. The second kappa shape index (κ2) is 6.95. The Kier molecular flexibility index (Phi) is 5.22. The summed E-state index contributed by atoms with van der Waals surface area (Å²) >= 11 is 0. The number of nitrogens with zero attached hydrogens (tertiary/aromatic N) is 1. The van der Waals surface area contributed by atoms with Gasteiger partial charge in [0.05, 0.1) is 6.42 Å². The van der Waals surface area contributed by atoms with Crippen LogP contribution in [-0.4, -0.2) is 34.5 Å². The molecule has 1 aromatic rings. The number of hydrogen-bond donors (Lipinski definition) is 1. The molecule has 0 saturated carbocycles. The molecule has 1 heterocycles. The average Bonchev–Trinajstić information content (AvgIpc) is 2.86. The van der Waals surface area contributed by atoms with E-state index in [9.17, 15) is 9.59 Å². The van der Waals surface area contributed by atoms with Crippen molar-refractivity contribution < 1.29 is 14.7 Å². The predicted octanol–water partition coefficient (Wildman–Crippen LogP) is 3.11. The van der Waals surface area contributed by atoms with E-state index in [4.69, 9.17) is 5.11 Å². The zero-order valence-electron chi connectivity index (χ0n) is 13.4. The van der Waals surface area contributed by atoms with Crippen molar-refractivity contribution in [1.82, 2.24) is 4.90 Å². The molecule has 1 amide bonds. The molecule has 1 aromatic carbocycles. The molecule has 1 N–H and O–H groups in total. The first-order valence-electron chi connectivity index (χ1n) is 7.92. The number of carbonyl (C=O) groups excluding carboxylic acids is 1. The first kappa shape index (κ1) is 16.5. The number of carboxylic acid groups (broad SMARTS) is 1. The van der Waals surface area contributed by atoms with Gasteiger partial charge in [-0.1, -0.05) is 44.2 Å². The van der Waals surface area contributed by atoms with Gasteiger partial charge in [0.25, 0.3) is 0 Å². The summed E-state index contributed by atoms with van der Waals surface area (Å²) in [5.41, 5.74) is 0.750. The number of benzene rings is 1. The molecule has 120 valence electrons. The van der Waals surface area contributed by atoms with Crippen molar-refractivity contribution in [3.05, 3.63) is 35.9 Å². The van der Waals surface area contributed by atoms with E-state index in [0.717, 1.165) is 25.8 Å². The maximum Gasteiger partial charge on any atom is 0.303 e. The highest BCUT2D eigenvalue weighted by Gasteiger charge is 2.33. The second-order valence-electron chi connectivity index (χ2n) is 6.98. The molecule has 0 unspecified atom stereocenters. The molecule has 0 bridgehead atoms. The molecular weight excluding hydrogens is 278 g/mol. The summed E-state index contributed by atoms with van der Waals surface area (Å²) in [7, 11) is 0. The molecule has 0 aliphatic carbocycles. The normalized spacial score (nSPS) is 18.5. The smallest absolute Gasteiger partial charge is 0.303 e. The Bertz CT molecular complexity index is 524. The summed E-state index contributed by atoms with van der Waals surface area (Å²) in [6, 6.07) is 10.5. The molecule has 22 heavy (non-hydrogen) atoms. The lowest BCUT2D eigenvalue weighted by atomic mass is 9.85. The Morgan fingerprint density at radius 1 is 1.23 bits per heavy atom. The van der Waals surface area contributed by atoms with Crippen molar-refractivity contribution in [2.75, 3.05) is 6.54 Å². The monoisotopic (exact) mass is 303 g/mol.